The van der Waals surface area contributed by atoms with Crippen molar-refractivity contribution in [3.8, 4) is 11.4 Å². The molecule has 3 rings (SSSR count). The van der Waals surface area contributed by atoms with E-state index in [-0.39, 0.29) is 23.0 Å². The highest BCUT2D eigenvalue weighted by molar-refractivity contribution is 7.99. The molecular formula is C17H15ClFN5OS. The molecule has 0 aliphatic carbocycles. The molecular weight excluding hydrogens is 377 g/mol. The second-order valence-corrected chi connectivity index (χ2v) is 6.73. The van der Waals surface area contributed by atoms with Gasteiger partial charge in [-0.05, 0) is 29.8 Å². The first-order chi connectivity index (χ1) is 12.5. The maximum absolute atomic E-state index is 13.9. The van der Waals surface area contributed by atoms with Gasteiger partial charge in [0.25, 0.3) is 0 Å². The molecule has 0 saturated carbocycles. The average molecular weight is 392 g/mol. The van der Waals surface area contributed by atoms with Crippen molar-refractivity contribution in [1.82, 2.24) is 20.2 Å². The van der Waals surface area contributed by atoms with Gasteiger partial charge in [-0.1, -0.05) is 47.6 Å². The average Bonchev–Trinajstić information content (AvgIpc) is 2.99. The van der Waals surface area contributed by atoms with Crippen LogP contribution in [0.3, 0.4) is 0 Å². The van der Waals surface area contributed by atoms with Crippen molar-refractivity contribution >= 4 is 29.3 Å². The van der Waals surface area contributed by atoms with Crippen LogP contribution in [-0.2, 0) is 11.3 Å². The molecule has 0 radical (unpaired) electrons. The second kappa shape index (κ2) is 8.20. The molecule has 0 saturated heterocycles. The monoisotopic (exact) mass is 391 g/mol. The van der Waals surface area contributed by atoms with Crippen molar-refractivity contribution in [2.75, 3.05) is 11.6 Å². The molecule has 0 unspecified atom stereocenters. The van der Waals surface area contributed by atoms with Gasteiger partial charge in [0.15, 0.2) is 5.82 Å². The number of nitrogen functional groups attached to an aromatic ring is 1. The lowest BCUT2D eigenvalue weighted by atomic mass is 10.2. The highest BCUT2D eigenvalue weighted by atomic mass is 35.5. The van der Waals surface area contributed by atoms with Crippen LogP contribution >= 0.6 is 23.4 Å². The number of nitrogens with zero attached hydrogens (tertiary/aromatic N) is 3. The van der Waals surface area contributed by atoms with Crippen molar-refractivity contribution in [1.29, 1.82) is 0 Å². The van der Waals surface area contributed by atoms with Crippen LogP contribution in [0.1, 0.15) is 5.56 Å². The molecule has 134 valence electrons. The maximum atomic E-state index is 13.9. The van der Waals surface area contributed by atoms with E-state index in [0.29, 0.717) is 16.7 Å². The summed E-state index contributed by atoms with van der Waals surface area (Å²) in [4.78, 5) is 12.0. The number of carbonyl (C=O) groups is 1. The first-order valence-electron chi connectivity index (χ1n) is 7.64. The Balaban J connectivity index is 1.58. The lowest BCUT2D eigenvalue weighted by molar-refractivity contribution is -0.118. The van der Waals surface area contributed by atoms with Crippen LogP contribution in [0.15, 0.2) is 53.7 Å². The van der Waals surface area contributed by atoms with Crippen LogP contribution in [0.2, 0.25) is 5.02 Å². The summed E-state index contributed by atoms with van der Waals surface area (Å²) in [6.07, 6.45) is 0. The number of rotatable bonds is 6. The minimum atomic E-state index is -0.442. The number of hydrogen-bond acceptors (Lipinski definition) is 5. The fourth-order valence-corrected chi connectivity index (χ4v) is 3.13. The normalized spacial score (nSPS) is 10.7. The molecule has 1 amide bonds. The van der Waals surface area contributed by atoms with E-state index >= 15 is 0 Å². The Morgan fingerprint density at radius 3 is 2.81 bits per heavy atom. The number of amides is 1. The Kier molecular flexibility index (Phi) is 5.75. The standard InChI is InChI=1S/C17H15ClFN5OS/c18-12-5-3-4-11(8-12)9-21-15(25)10-26-17-23-22-16(24(17)20)13-6-1-2-7-14(13)19/h1-8H,9-10,20H2,(H,21,25). The Bertz CT molecular complexity index is 933. The SMILES string of the molecule is Nn1c(SCC(=O)NCc2cccc(Cl)c2)nnc1-c1ccccc1F. The quantitative estimate of drug-likeness (QED) is 0.498. The summed E-state index contributed by atoms with van der Waals surface area (Å²) < 4.78 is 15.0. The summed E-state index contributed by atoms with van der Waals surface area (Å²) in [5, 5.41) is 11.6. The van der Waals surface area contributed by atoms with Crippen molar-refractivity contribution in [3.05, 3.63) is 64.9 Å². The topological polar surface area (TPSA) is 85.8 Å². The molecule has 0 spiro atoms. The molecule has 1 heterocycles. The predicted octanol–water partition coefficient (Wildman–Crippen LogP) is 2.86. The van der Waals surface area contributed by atoms with E-state index in [2.05, 4.69) is 15.5 Å². The van der Waals surface area contributed by atoms with Gasteiger partial charge in [-0.3, -0.25) is 4.79 Å². The Hall–Kier alpha value is -2.58. The summed E-state index contributed by atoms with van der Waals surface area (Å²) >= 11 is 7.03. The third-order valence-electron chi connectivity index (χ3n) is 3.49. The predicted molar refractivity (Wildman–Crippen MR) is 99.6 cm³/mol. The van der Waals surface area contributed by atoms with Crippen molar-refractivity contribution in [2.45, 2.75) is 11.7 Å². The number of carbonyl (C=O) groups excluding carboxylic acids is 1. The number of benzene rings is 2. The lowest BCUT2D eigenvalue weighted by Gasteiger charge is -2.06. The van der Waals surface area contributed by atoms with Crippen LogP contribution in [-0.4, -0.2) is 26.5 Å². The first-order valence-corrected chi connectivity index (χ1v) is 9.00. The molecule has 3 aromatic rings. The summed E-state index contributed by atoms with van der Waals surface area (Å²) in [7, 11) is 0. The van der Waals surface area contributed by atoms with Crippen molar-refractivity contribution < 1.29 is 9.18 Å². The molecule has 3 N–H and O–H groups in total. The molecule has 2 aromatic carbocycles. The van der Waals surface area contributed by atoms with E-state index in [1.165, 1.54) is 10.7 Å². The number of thioether (sulfide) groups is 1. The number of nitrogens with two attached hydrogens (primary N) is 1. The summed E-state index contributed by atoms with van der Waals surface area (Å²) in [5.74, 6) is 5.60. The molecule has 0 aliphatic rings. The van der Waals surface area contributed by atoms with E-state index in [1.807, 2.05) is 12.1 Å². The van der Waals surface area contributed by atoms with Gasteiger partial charge in [-0.15, -0.1) is 10.2 Å². The lowest BCUT2D eigenvalue weighted by Crippen LogP contribution is -2.25. The van der Waals surface area contributed by atoms with Crippen LogP contribution in [0.5, 0.6) is 0 Å². The minimum absolute atomic E-state index is 0.104. The van der Waals surface area contributed by atoms with Gasteiger partial charge in [-0.2, -0.15) is 0 Å². The fraction of sp³-hybridized carbons (Fsp3) is 0.118. The Morgan fingerprint density at radius 2 is 2.04 bits per heavy atom. The zero-order valence-electron chi connectivity index (χ0n) is 13.5. The molecule has 0 atom stereocenters. The summed E-state index contributed by atoms with van der Waals surface area (Å²) in [6.45, 7) is 0.371. The molecule has 6 nitrogen and oxygen atoms in total. The van der Waals surface area contributed by atoms with Gasteiger partial charge in [0.1, 0.15) is 5.82 Å². The number of hydrogen-bond donors (Lipinski definition) is 2. The zero-order chi connectivity index (χ0) is 18.5. The zero-order valence-corrected chi connectivity index (χ0v) is 15.1. The van der Waals surface area contributed by atoms with E-state index in [1.54, 1.807) is 30.3 Å². The molecule has 0 aliphatic heterocycles. The van der Waals surface area contributed by atoms with E-state index < -0.39 is 5.82 Å². The van der Waals surface area contributed by atoms with Gasteiger partial charge in [-0.25, -0.2) is 9.07 Å². The van der Waals surface area contributed by atoms with Crippen molar-refractivity contribution in [3.63, 3.8) is 0 Å². The number of aromatic nitrogens is 3. The van der Waals surface area contributed by atoms with E-state index in [4.69, 9.17) is 17.4 Å². The largest absolute Gasteiger partial charge is 0.351 e. The number of nitrogens with one attached hydrogen (secondary N) is 1. The molecule has 9 heteroatoms. The fourth-order valence-electron chi connectivity index (χ4n) is 2.23. The van der Waals surface area contributed by atoms with Crippen LogP contribution in [0.4, 0.5) is 4.39 Å². The first kappa shape index (κ1) is 18.2. The maximum Gasteiger partial charge on any atom is 0.230 e. The Morgan fingerprint density at radius 1 is 1.23 bits per heavy atom. The van der Waals surface area contributed by atoms with Gasteiger partial charge >= 0.3 is 0 Å². The third kappa shape index (κ3) is 4.33. The van der Waals surface area contributed by atoms with E-state index in [0.717, 1.165) is 17.3 Å². The second-order valence-electron chi connectivity index (χ2n) is 5.35. The van der Waals surface area contributed by atoms with Gasteiger partial charge < -0.3 is 11.2 Å². The van der Waals surface area contributed by atoms with Crippen LogP contribution in [0, 0.1) is 5.82 Å². The van der Waals surface area contributed by atoms with Gasteiger partial charge in [0, 0.05) is 11.6 Å². The number of halogens is 2. The van der Waals surface area contributed by atoms with Gasteiger partial charge in [0.2, 0.25) is 11.1 Å². The molecule has 1 aromatic heterocycles. The van der Waals surface area contributed by atoms with Crippen LogP contribution < -0.4 is 11.2 Å². The van der Waals surface area contributed by atoms with Crippen LogP contribution in [0.25, 0.3) is 11.4 Å². The van der Waals surface area contributed by atoms with Gasteiger partial charge in [0.05, 0.1) is 11.3 Å². The smallest absolute Gasteiger partial charge is 0.230 e. The van der Waals surface area contributed by atoms with E-state index in [9.17, 15) is 9.18 Å². The molecule has 0 fully saturated rings. The molecule has 26 heavy (non-hydrogen) atoms. The Labute approximate surface area is 158 Å². The highest BCUT2D eigenvalue weighted by Gasteiger charge is 2.16. The molecule has 0 bridgehead atoms. The highest BCUT2D eigenvalue weighted by Crippen LogP contribution is 2.23. The van der Waals surface area contributed by atoms with Crippen molar-refractivity contribution in [2.24, 2.45) is 0 Å². The summed E-state index contributed by atoms with van der Waals surface area (Å²) in [5.41, 5.74) is 1.15. The summed E-state index contributed by atoms with van der Waals surface area (Å²) in [6, 6.07) is 13.4. The third-order valence-corrected chi connectivity index (χ3v) is 4.67. The minimum Gasteiger partial charge on any atom is -0.351 e.